The van der Waals surface area contributed by atoms with Gasteiger partial charge in [-0.3, -0.25) is 10.1 Å². The molecule has 0 saturated carbocycles. The van der Waals surface area contributed by atoms with Crippen molar-refractivity contribution in [2.45, 2.75) is 6.61 Å². The van der Waals surface area contributed by atoms with Gasteiger partial charge >= 0.3 is 0 Å². The van der Waals surface area contributed by atoms with Gasteiger partial charge in [-0.2, -0.15) is 0 Å². The van der Waals surface area contributed by atoms with Crippen LogP contribution in [0.4, 0.5) is 0 Å². The summed E-state index contributed by atoms with van der Waals surface area (Å²) in [5.74, 6) is 1.08. The summed E-state index contributed by atoms with van der Waals surface area (Å²) in [5.41, 5.74) is 6.73. The predicted molar refractivity (Wildman–Crippen MR) is 69.3 cm³/mol. The van der Waals surface area contributed by atoms with E-state index in [1.54, 1.807) is 36.1 Å². The minimum atomic E-state index is -0.0150. The Balaban J connectivity index is 2.13. The highest BCUT2D eigenvalue weighted by Gasteiger charge is 2.08. The minimum absolute atomic E-state index is 0.0150. The van der Waals surface area contributed by atoms with Gasteiger partial charge in [0, 0.05) is 12.6 Å². The topological polar surface area (TPSA) is 99.0 Å². The number of ether oxygens (including phenoxy) is 2. The number of amidine groups is 1. The fourth-order valence-corrected chi connectivity index (χ4v) is 1.57. The molecule has 0 radical (unpaired) electrons. The Morgan fingerprint density at radius 2 is 2.21 bits per heavy atom. The molecule has 0 bridgehead atoms. The smallest absolute Gasteiger partial charge is 0.161 e. The number of aryl methyl sites for hydroxylation is 1. The Labute approximate surface area is 110 Å². The summed E-state index contributed by atoms with van der Waals surface area (Å²) in [6, 6.07) is 5.08. The molecule has 100 valence electrons. The molecule has 19 heavy (non-hydrogen) atoms. The molecule has 1 aromatic heterocycles. The van der Waals surface area contributed by atoms with Crippen molar-refractivity contribution in [3.63, 3.8) is 0 Å². The molecule has 0 spiro atoms. The molecule has 3 N–H and O–H groups in total. The van der Waals surface area contributed by atoms with Crippen molar-refractivity contribution in [2.75, 3.05) is 7.11 Å². The van der Waals surface area contributed by atoms with Crippen molar-refractivity contribution in [1.82, 2.24) is 15.0 Å². The number of benzene rings is 1. The first-order chi connectivity index (χ1) is 9.10. The monoisotopic (exact) mass is 261 g/mol. The molecule has 0 aliphatic rings. The average molecular weight is 261 g/mol. The number of aromatic nitrogens is 3. The van der Waals surface area contributed by atoms with Crippen LogP contribution in [0.1, 0.15) is 11.3 Å². The van der Waals surface area contributed by atoms with Crippen molar-refractivity contribution in [1.29, 1.82) is 5.41 Å². The quantitative estimate of drug-likeness (QED) is 0.609. The summed E-state index contributed by atoms with van der Waals surface area (Å²) >= 11 is 0. The average Bonchev–Trinajstić information content (AvgIpc) is 2.81. The van der Waals surface area contributed by atoms with Gasteiger partial charge in [-0.15, -0.1) is 5.10 Å². The number of hydrogen-bond acceptors (Lipinski definition) is 5. The normalized spacial score (nSPS) is 10.2. The van der Waals surface area contributed by atoms with Gasteiger partial charge in [0.05, 0.1) is 13.3 Å². The second-order valence-corrected chi connectivity index (χ2v) is 3.95. The lowest BCUT2D eigenvalue weighted by molar-refractivity contribution is 0.280. The number of rotatable bonds is 5. The molecule has 2 aromatic rings. The SMILES string of the molecule is COc1cc(C(=N)N)ccc1OCc1cn(C)nn1. The highest BCUT2D eigenvalue weighted by Crippen LogP contribution is 2.28. The van der Waals surface area contributed by atoms with Gasteiger partial charge in [0.1, 0.15) is 18.1 Å². The summed E-state index contributed by atoms with van der Waals surface area (Å²) in [7, 11) is 3.33. The van der Waals surface area contributed by atoms with Crippen molar-refractivity contribution < 1.29 is 9.47 Å². The van der Waals surface area contributed by atoms with Crippen molar-refractivity contribution in [2.24, 2.45) is 12.8 Å². The second-order valence-electron chi connectivity index (χ2n) is 3.95. The Morgan fingerprint density at radius 1 is 1.42 bits per heavy atom. The Bertz CT molecular complexity index is 594. The van der Waals surface area contributed by atoms with Crippen molar-refractivity contribution >= 4 is 5.84 Å². The lowest BCUT2D eigenvalue weighted by Gasteiger charge is -2.10. The van der Waals surface area contributed by atoms with Crippen LogP contribution >= 0.6 is 0 Å². The van der Waals surface area contributed by atoms with Gasteiger partial charge in [-0.05, 0) is 18.2 Å². The zero-order valence-corrected chi connectivity index (χ0v) is 10.8. The fraction of sp³-hybridized carbons (Fsp3) is 0.250. The maximum Gasteiger partial charge on any atom is 0.161 e. The molecular formula is C12H15N5O2. The first-order valence-electron chi connectivity index (χ1n) is 5.60. The van der Waals surface area contributed by atoms with Crippen LogP contribution in [0, 0.1) is 5.41 Å². The highest BCUT2D eigenvalue weighted by atomic mass is 16.5. The van der Waals surface area contributed by atoms with Gasteiger partial charge in [0.25, 0.3) is 0 Å². The van der Waals surface area contributed by atoms with Gasteiger partial charge in [-0.25, -0.2) is 0 Å². The molecule has 0 amide bonds. The zero-order chi connectivity index (χ0) is 13.8. The minimum Gasteiger partial charge on any atom is -0.493 e. The molecule has 0 saturated heterocycles. The molecule has 1 heterocycles. The van der Waals surface area contributed by atoms with Crippen molar-refractivity contribution in [3.05, 3.63) is 35.7 Å². The van der Waals surface area contributed by atoms with Crippen LogP contribution in [0.5, 0.6) is 11.5 Å². The maximum absolute atomic E-state index is 7.38. The third kappa shape index (κ3) is 3.01. The standard InChI is InChI=1S/C12H15N5O2/c1-17-6-9(15-16-17)7-19-10-4-3-8(12(13)14)5-11(10)18-2/h3-6H,7H2,1-2H3,(H3,13,14). The summed E-state index contributed by atoms with van der Waals surface area (Å²) in [5, 5.41) is 15.1. The molecule has 7 heteroatoms. The van der Waals surface area contributed by atoms with E-state index in [0.717, 1.165) is 5.69 Å². The van der Waals surface area contributed by atoms with Crippen LogP contribution in [0.3, 0.4) is 0 Å². The Kier molecular flexibility index (Phi) is 3.65. The Hall–Kier alpha value is -2.57. The molecular weight excluding hydrogens is 246 g/mol. The van der Waals surface area contributed by atoms with E-state index in [0.29, 0.717) is 23.7 Å². The fourth-order valence-electron chi connectivity index (χ4n) is 1.57. The van der Waals surface area contributed by atoms with E-state index in [4.69, 9.17) is 20.6 Å². The summed E-state index contributed by atoms with van der Waals surface area (Å²) in [4.78, 5) is 0. The molecule has 2 rings (SSSR count). The second kappa shape index (κ2) is 5.38. The molecule has 1 aromatic carbocycles. The zero-order valence-electron chi connectivity index (χ0n) is 10.8. The van der Waals surface area contributed by atoms with Crippen LogP contribution in [-0.2, 0) is 13.7 Å². The van der Waals surface area contributed by atoms with Gasteiger partial charge in [0.15, 0.2) is 11.5 Å². The molecule has 0 aliphatic heterocycles. The number of hydrogen-bond donors (Lipinski definition) is 2. The van der Waals surface area contributed by atoms with Crippen LogP contribution in [0.15, 0.2) is 24.4 Å². The van der Waals surface area contributed by atoms with Crippen LogP contribution in [0.2, 0.25) is 0 Å². The first-order valence-corrected chi connectivity index (χ1v) is 5.60. The number of nitrogens with two attached hydrogens (primary N) is 1. The predicted octanol–water partition coefficient (Wildman–Crippen LogP) is 0.687. The number of nitrogens with one attached hydrogen (secondary N) is 1. The summed E-state index contributed by atoms with van der Waals surface area (Å²) in [6.45, 7) is 0.295. The third-order valence-corrected chi connectivity index (χ3v) is 2.50. The summed E-state index contributed by atoms with van der Waals surface area (Å²) < 4.78 is 12.4. The van der Waals surface area contributed by atoms with Crippen LogP contribution < -0.4 is 15.2 Å². The molecule has 0 fully saturated rings. The Morgan fingerprint density at radius 3 is 2.79 bits per heavy atom. The van der Waals surface area contributed by atoms with Gasteiger partial charge in [0.2, 0.25) is 0 Å². The van der Waals surface area contributed by atoms with Gasteiger partial charge < -0.3 is 15.2 Å². The van der Waals surface area contributed by atoms with E-state index in [1.807, 2.05) is 0 Å². The third-order valence-electron chi connectivity index (χ3n) is 2.50. The van der Waals surface area contributed by atoms with E-state index in [-0.39, 0.29) is 5.84 Å². The van der Waals surface area contributed by atoms with E-state index in [1.165, 1.54) is 7.11 Å². The lowest BCUT2D eigenvalue weighted by Crippen LogP contribution is -2.11. The molecule has 0 unspecified atom stereocenters. The largest absolute Gasteiger partial charge is 0.493 e. The molecule has 0 atom stereocenters. The van der Waals surface area contributed by atoms with Gasteiger partial charge in [-0.1, -0.05) is 5.21 Å². The maximum atomic E-state index is 7.38. The summed E-state index contributed by atoms with van der Waals surface area (Å²) in [6.07, 6.45) is 1.77. The van der Waals surface area contributed by atoms with E-state index < -0.39 is 0 Å². The van der Waals surface area contributed by atoms with E-state index in [9.17, 15) is 0 Å². The number of nitrogen functional groups attached to an aromatic ring is 1. The number of methoxy groups -OCH3 is 1. The molecule has 7 nitrogen and oxygen atoms in total. The molecule has 0 aliphatic carbocycles. The number of nitrogens with zero attached hydrogens (tertiary/aromatic N) is 3. The van der Waals surface area contributed by atoms with Crippen molar-refractivity contribution in [3.8, 4) is 11.5 Å². The van der Waals surface area contributed by atoms with E-state index >= 15 is 0 Å². The highest BCUT2D eigenvalue weighted by molar-refractivity contribution is 5.95. The van der Waals surface area contributed by atoms with E-state index in [2.05, 4.69) is 10.3 Å². The lowest BCUT2D eigenvalue weighted by atomic mass is 10.2. The van der Waals surface area contributed by atoms with Crippen LogP contribution in [-0.4, -0.2) is 27.9 Å². The first kappa shape index (κ1) is 12.9. The van der Waals surface area contributed by atoms with Crippen LogP contribution in [0.25, 0.3) is 0 Å².